The van der Waals surface area contributed by atoms with Crippen LogP contribution >= 0.6 is 0 Å². The third kappa shape index (κ3) is 3.58. The number of hydrogen-bond acceptors (Lipinski definition) is 1. The topological polar surface area (TPSA) is 20.2 Å². The minimum Gasteiger partial charge on any atom is -0.393 e. The van der Waals surface area contributed by atoms with Gasteiger partial charge in [0.15, 0.2) is 0 Å². The molecule has 0 aromatic heterocycles. The van der Waals surface area contributed by atoms with Crippen LogP contribution in [0.1, 0.15) is 98.8 Å². The molecular formula is C28H46O. The Kier molecular flexibility index (Phi) is 5.86. The zero-order valence-corrected chi connectivity index (χ0v) is 19.8. The van der Waals surface area contributed by atoms with E-state index in [0.717, 1.165) is 42.4 Å². The lowest BCUT2D eigenvalue weighted by Gasteiger charge is -2.58. The van der Waals surface area contributed by atoms with Crippen LogP contribution in [0.3, 0.4) is 0 Å². The van der Waals surface area contributed by atoms with Gasteiger partial charge in [0.2, 0.25) is 0 Å². The van der Waals surface area contributed by atoms with Crippen molar-refractivity contribution in [1.82, 2.24) is 0 Å². The van der Waals surface area contributed by atoms with Gasteiger partial charge in [0, 0.05) is 0 Å². The molecule has 0 bridgehead atoms. The SMILES string of the molecule is C=C(CC[C@@H](C)[C@H]1CC[C@H]2[C@@H]3CC=C4C[C@@H](O)CC[C@]4(C)[C@H]3CC[C@]12C)[13CH](C)C. The van der Waals surface area contributed by atoms with Gasteiger partial charge in [0.05, 0.1) is 6.10 Å². The van der Waals surface area contributed by atoms with Crippen molar-refractivity contribution in [1.29, 1.82) is 0 Å². The van der Waals surface area contributed by atoms with Crippen molar-refractivity contribution in [3.63, 3.8) is 0 Å². The number of hydrogen-bond donors (Lipinski definition) is 1. The first-order valence-electron chi connectivity index (χ1n) is 12.7. The normalized spacial score (nSPS) is 45.2. The van der Waals surface area contributed by atoms with Gasteiger partial charge in [-0.25, -0.2) is 0 Å². The second-order valence-corrected chi connectivity index (χ2v) is 12.2. The number of aliphatic hydroxyl groups excluding tert-OH is 1. The summed E-state index contributed by atoms with van der Waals surface area (Å²) in [6, 6.07) is 0. The fraction of sp³-hybridized carbons (Fsp3) is 0.857. The molecule has 0 aliphatic heterocycles. The molecule has 8 atom stereocenters. The highest BCUT2D eigenvalue weighted by Crippen LogP contribution is 2.67. The summed E-state index contributed by atoms with van der Waals surface area (Å²) in [6.45, 7) is 16.7. The van der Waals surface area contributed by atoms with Crippen molar-refractivity contribution in [2.75, 3.05) is 0 Å². The lowest BCUT2D eigenvalue weighted by molar-refractivity contribution is -0.0571. The molecule has 4 rings (SSSR count). The molecule has 0 aromatic carbocycles. The molecule has 3 saturated carbocycles. The summed E-state index contributed by atoms with van der Waals surface area (Å²) in [7, 11) is 0. The van der Waals surface area contributed by atoms with Gasteiger partial charge in [0.25, 0.3) is 0 Å². The average Bonchev–Trinajstić information content (AvgIpc) is 3.03. The van der Waals surface area contributed by atoms with E-state index in [-0.39, 0.29) is 6.10 Å². The van der Waals surface area contributed by atoms with Crippen molar-refractivity contribution in [3.05, 3.63) is 23.8 Å². The number of allylic oxidation sites excluding steroid dienone is 2. The maximum Gasteiger partial charge on any atom is 0.0577 e. The summed E-state index contributed by atoms with van der Waals surface area (Å²) in [5.74, 6) is 5.03. The molecule has 0 heterocycles. The monoisotopic (exact) mass is 399 g/mol. The summed E-state index contributed by atoms with van der Waals surface area (Å²) < 4.78 is 0. The van der Waals surface area contributed by atoms with Crippen LogP contribution in [0, 0.1) is 46.3 Å². The molecule has 0 unspecified atom stereocenters. The van der Waals surface area contributed by atoms with E-state index in [2.05, 4.69) is 47.3 Å². The van der Waals surface area contributed by atoms with Crippen LogP contribution in [0.4, 0.5) is 0 Å². The second kappa shape index (κ2) is 7.85. The molecule has 4 aliphatic rings. The van der Waals surface area contributed by atoms with Crippen LogP contribution in [0.15, 0.2) is 23.8 Å². The van der Waals surface area contributed by atoms with E-state index >= 15 is 0 Å². The maximum atomic E-state index is 10.2. The van der Waals surface area contributed by atoms with Crippen molar-refractivity contribution >= 4 is 0 Å². The summed E-state index contributed by atoms with van der Waals surface area (Å²) in [4.78, 5) is 0. The number of fused-ring (bicyclic) bond motifs is 5. The fourth-order valence-electron chi connectivity index (χ4n) is 8.52. The molecule has 1 nitrogen and oxygen atoms in total. The molecule has 4 aliphatic carbocycles. The highest BCUT2D eigenvalue weighted by atomic mass is 16.3. The van der Waals surface area contributed by atoms with Crippen LogP contribution in [0.5, 0.6) is 0 Å². The van der Waals surface area contributed by atoms with E-state index in [0.29, 0.717) is 16.7 Å². The highest BCUT2D eigenvalue weighted by molar-refractivity contribution is 5.25. The van der Waals surface area contributed by atoms with Crippen LogP contribution in [-0.2, 0) is 0 Å². The van der Waals surface area contributed by atoms with Gasteiger partial charge in [-0.15, -0.1) is 0 Å². The minimum atomic E-state index is -0.0861. The molecule has 164 valence electrons. The van der Waals surface area contributed by atoms with Gasteiger partial charge in [0.1, 0.15) is 0 Å². The van der Waals surface area contributed by atoms with Crippen molar-refractivity contribution in [3.8, 4) is 0 Å². The summed E-state index contributed by atoms with van der Waals surface area (Å²) in [5.41, 5.74) is 3.98. The summed E-state index contributed by atoms with van der Waals surface area (Å²) in [5, 5.41) is 10.2. The van der Waals surface area contributed by atoms with Gasteiger partial charge >= 0.3 is 0 Å². The summed E-state index contributed by atoms with van der Waals surface area (Å²) in [6.07, 6.45) is 15.3. The Bertz CT molecular complexity index is 659. The Balaban J connectivity index is 1.49. The van der Waals surface area contributed by atoms with E-state index in [1.165, 1.54) is 56.9 Å². The highest BCUT2D eigenvalue weighted by Gasteiger charge is 2.59. The first-order chi connectivity index (χ1) is 13.7. The molecule has 0 spiro atoms. The summed E-state index contributed by atoms with van der Waals surface area (Å²) >= 11 is 0. The predicted molar refractivity (Wildman–Crippen MR) is 124 cm³/mol. The number of rotatable bonds is 5. The van der Waals surface area contributed by atoms with Gasteiger partial charge in [-0.2, -0.15) is 0 Å². The third-order valence-electron chi connectivity index (χ3n) is 10.6. The second-order valence-electron chi connectivity index (χ2n) is 12.2. The van der Waals surface area contributed by atoms with Gasteiger partial charge < -0.3 is 5.11 Å². The first-order valence-corrected chi connectivity index (χ1v) is 12.7. The smallest absolute Gasteiger partial charge is 0.0577 e. The van der Waals surface area contributed by atoms with Crippen molar-refractivity contribution in [2.24, 2.45) is 46.3 Å². The largest absolute Gasteiger partial charge is 0.393 e. The Morgan fingerprint density at radius 2 is 1.86 bits per heavy atom. The fourth-order valence-corrected chi connectivity index (χ4v) is 8.52. The van der Waals surface area contributed by atoms with Gasteiger partial charge in [-0.05, 0) is 111 Å². The number of aliphatic hydroxyl groups is 1. The van der Waals surface area contributed by atoms with Gasteiger partial charge in [-0.3, -0.25) is 0 Å². The van der Waals surface area contributed by atoms with Crippen LogP contribution in [-0.4, -0.2) is 11.2 Å². The quantitative estimate of drug-likeness (QED) is 0.373. The zero-order valence-electron chi connectivity index (χ0n) is 19.8. The molecule has 3 fully saturated rings. The Morgan fingerprint density at radius 1 is 1.10 bits per heavy atom. The van der Waals surface area contributed by atoms with E-state index < -0.39 is 0 Å². The predicted octanol–water partition coefficient (Wildman–Crippen LogP) is 7.55. The Labute approximate surface area is 180 Å². The molecule has 1 heteroatoms. The average molecular weight is 400 g/mol. The lowest BCUT2D eigenvalue weighted by atomic mass is 9.47. The van der Waals surface area contributed by atoms with Gasteiger partial charge in [-0.1, -0.05) is 58.4 Å². The zero-order chi connectivity index (χ0) is 21.0. The molecule has 0 radical (unpaired) electrons. The standard InChI is InChI=1S/C28H46O/c1-18(2)19(3)7-8-20(4)24-11-12-25-23-10-9-21-17-22(29)13-15-27(21,5)26(23)14-16-28(24,25)6/h9,18,20,22-26,29H,3,7-8,10-17H2,1-2,4-6H3/t20-,22+,23+,24-,25+,26+,27+,28-/m1/s1/i18+1. The molecule has 1 N–H and O–H groups in total. The van der Waals surface area contributed by atoms with E-state index in [4.69, 9.17) is 0 Å². The Hall–Kier alpha value is -0.560. The molecule has 0 saturated heterocycles. The van der Waals surface area contributed by atoms with E-state index in [1.54, 1.807) is 5.57 Å². The molecular weight excluding hydrogens is 353 g/mol. The molecule has 0 amide bonds. The van der Waals surface area contributed by atoms with E-state index in [9.17, 15) is 5.11 Å². The maximum absolute atomic E-state index is 10.2. The van der Waals surface area contributed by atoms with E-state index in [1.807, 2.05) is 0 Å². The van der Waals surface area contributed by atoms with Crippen LogP contribution in [0.25, 0.3) is 0 Å². The van der Waals surface area contributed by atoms with Crippen molar-refractivity contribution < 1.29 is 5.11 Å². The lowest BCUT2D eigenvalue weighted by Crippen LogP contribution is -2.50. The van der Waals surface area contributed by atoms with Crippen molar-refractivity contribution in [2.45, 2.75) is 105 Å². The Morgan fingerprint density at radius 3 is 2.59 bits per heavy atom. The van der Waals surface area contributed by atoms with Crippen LogP contribution in [0.2, 0.25) is 0 Å². The first kappa shape index (κ1) is 21.7. The molecule has 0 aromatic rings. The minimum absolute atomic E-state index is 0.0861. The molecule has 29 heavy (non-hydrogen) atoms. The van der Waals surface area contributed by atoms with Crippen LogP contribution < -0.4 is 0 Å². The third-order valence-corrected chi connectivity index (χ3v) is 10.6.